The third-order valence-corrected chi connectivity index (χ3v) is 4.36. The number of benzene rings is 3. The number of nitrogens with one attached hydrogen (secondary N) is 1. The topological polar surface area (TPSA) is 80.2 Å². The average molecular weight is 425 g/mol. The van der Waals surface area contributed by atoms with Gasteiger partial charge in [0.1, 0.15) is 12.4 Å². The predicted octanol–water partition coefficient (Wildman–Crippen LogP) is 4.79. The Kier molecular flexibility index (Phi) is 7.29. The fourth-order valence-electron chi connectivity index (χ4n) is 2.63. The first-order valence-corrected chi connectivity index (χ1v) is 9.70. The largest absolute Gasteiger partial charge is 0.507 e. The minimum atomic E-state index is -0.503. The van der Waals surface area contributed by atoms with Crippen LogP contribution in [0.4, 0.5) is 0 Å². The van der Waals surface area contributed by atoms with Crippen molar-refractivity contribution in [2.24, 2.45) is 5.10 Å². The summed E-state index contributed by atoms with van der Waals surface area (Å²) < 4.78 is 11.5. The van der Waals surface area contributed by atoms with Crippen LogP contribution in [0.5, 0.6) is 17.2 Å². The molecular formula is C23H21ClN2O4. The summed E-state index contributed by atoms with van der Waals surface area (Å²) in [6.45, 7) is 2.74. The molecule has 0 bridgehead atoms. The second kappa shape index (κ2) is 10.3. The van der Waals surface area contributed by atoms with Gasteiger partial charge in [-0.3, -0.25) is 4.79 Å². The molecule has 3 aromatic rings. The maximum Gasteiger partial charge on any atom is 0.275 e. The molecule has 0 fully saturated rings. The number of halogens is 1. The maximum atomic E-state index is 12.1. The summed E-state index contributed by atoms with van der Waals surface area (Å²) in [5, 5.41) is 14.3. The van der Waals surface area contributed by atoms with Crippen LogP contribution in [-0.2, 0) is 6.61 Å². The van der Waals surface area contributed by atoms with Crippen molar-refractivity contribution in [1.29, 1.82) is 0 Å². The summed E-state index contributed by atoms with van der Waals surface area (Å²) in [5.41, 5.74) is 4.24. The lowest BCUT2D eigenvalue weighted by Gasteiger charge is -2.12. The first-order chi connectivity index (χ1) is 14.6. The van der Waals surface area contributed by atoms with E-state index < -0.39 is 5.91 Å². The van der Waals surface area contributed by atoms with Gasteiger partial charge in [-0.15, -0.1) is 0 Å². The van der Waals surface area contributed by atoms with Crippen molar-refractivity contribution in [1.82, 2.24) is 5.43 Å². The molecule has 0 aliphatic heterocycles. The van der Waals surface area contributed by atoms with Gasteiger partial charge in [-0.2, -0.15) is 5.10 Å². The average Bonchev–Trinajstić information content (AvgIpc) is 2.75. The standard InChI is InChI=1S/C23H21ClN2O4/c1-2-29-22-13-17(14-25-26-23(28)19-5-3-4-6-20(19)27)9-12-21(22)30-15-16-7-10-18(24)11-8-16/h3-14,27H,2,15H2,1H3,(H,26,28). The van der Waals surface area contributed by atoms with Crippen LogP contribution >= 0.6 is 11.6 Å². The quantitative estimate of drug-likeness (QED) is 0.402. The number of carbonyl (C=O) groups is 1. The van der Waals surface area contributed by atoms with E-state index in [0.29, 0.717) is 29.7 Å². The first-order valence-electron chi connectivity index (χ1n) is 9.32. The van der Waals surface area contributed by atoms with E-state index in [-0.39, 0.29) is 11.3 Å². The van der Waals surface area contributed by atoms with Gasteiger partial charge in [0, 0.05) is 5.02 Å². The van der Waals surface area contributed by atoms with E-state index in [1.54, 1.807) is 30.3 Å². The Balaban J connectivity index is 1.66. The number of nitrogens with zero attached hydrogens (tertiary/aromatic N) is 1. The Morgan fingerprint density at radius 1 is 1.07 bits per heavy atom. The number of aromatic hydroxyl groups is 1. The lowest BCUT2D eigenvalue weighted by molar-refractivity contribution is 0.0952. The summed E-state index contributed by atoms with van der Waals surface area (Å²) in [6, 6.07) is 19.0. The Morgan fingerprint density at radius 2 is 1.83 bits per heavy atom. The molecule has 0 heterocycles. The summed E-state index contributed by atoms with van der Waals surface area (Å²) in [6.07, 6.45) is 1.49. The molecule has 6 nitrogen and oxygen atoms in total. The number of phenols is 1. The van der Waals surface area contributed by atoms with E-state index in [0.717, 1.165) is 11.1 Å². The van der Waals surface area contributed by atoms with Gasteiger partial charge in [-0.1, -0.05) is 35.9 Å². The molecule has 0 atom stereocenters. The normalized spacial score (nSPS) is 10.7. The third-order valence-electron chi connectivity index (χ3n) is 4.10. The minimum absolute atomic E-state index is 0.106. The van der Waals surface area contributed by atoms with Crippen molar-refractivity contribution in [3.63, 3.8) is 0 Å². The molecule has 0 saturated carbocycles. The van der Waals surface area contributed by atoms with Gasteiger partial charge in [-0.25, -0.2) is 5.43 Å². The number of hydrazone groups is 1. The van der Waals surface area contributed by atoms with Crippen molar-refractivity contribution in [2.75, 3.05) is 6.61 Å². The SMILES string of the molecule is CCOc1cc(C=NNC(=O)c2ccccc2O)ccc1OCc1ccc(Cl)cc1. The molecule has 0 aliphatic rings. The zero-order valence-electron chi connectivity index (χ0n) is 16.3. The second-order valence-corrected chi connectivity index (χ2v) is 6.71. The van der Waals surface area contributed by atoms with Gasteiger partial charge in [0.25, 0.3) is 5.91 Å². The highest BCUT2D eigenvalue weighted by Gasteiger charge is 2.09. The minimum Gasteiger partial charge on any atom is -0.507 e. The monoisotopic (exact) mass is 424 g/mol. The number of hydrogen-bond acceptors (Lipinski definition) is 5. The fraction of sp³-hybridized carbons (Fsp3) is 0.130. The third kappa shape index (κ3) is 5.75. The van der Waals surface area contributed by atoms with Gasteiger partial charge >= 0.3 is 0 Å². The van der Waals surface area contributed by atoms with Gasteiger partial charge < -0.3 is 14.6 Å². The van der Waals surface area contributed by atoms with Crippen molar-refractivity contribution in [2.45, 2.75) is 13.5 Å². The van der Waals surface area contributed by atoms with Gasteiger partial charge in [0.05, 0.1) is 18.4 Å². The molecule has 154 valence electrons. The van der Waals surface area contributed by atoms with Gasteiger partial charge in [0.2, 0.25) is 0 Å². The number of ether oxygens (including phenoxy) is 2. The van der Waals surface area contributed by atoms with Crippen molar-refractivity contribution in [3.05, 3.63) is 88.4 Å². The van der Waals surface area contributed by atoms with Crippen LogP contribution in [0.2, 0.25) is 5.02 Å². The molecule has 3 aromatic carbocycles. The lowest BCUT2D eigenvalue weighted by atomic mass is 10.2. The van der Waals surface area contributed by atoms with E-state index in [2.05, 4.69) is 10.5 Å². The van der Waals surface area contributed by atoms with Crippen LogP contribution in [-0.4, -0.2) is 23.8 Å². The number of phenolic OH excluding ortho intramolecular Hbond substituents is 1. The molecule has 1 amide bonds. The molecule has 30 heavy (non-hydrogen) atoms. The Morgan fingerprint density at radius 3 is 2.57 bits per heavy atom. The molecule has 0 aromatic heterocycles. The van der Waals surface area contributed by atoms with E-state index in [1.807, 2.05) is 31.2 Å². The zero-order chi connectivity index (χ0) is 21.3. The molecule has 2 N–H and O–H groups in total. The van der Waals surface area contributed by atoms with Crippen molar-refractivity contribution < 1.29 is 19.4 Å². The predicted molar refractivity (Wildman–Crippen MR) is 117 cm³/mol. The van der Waals surface area contributed by atoms with Gasteiger partial charge in [0.15, 0.2) is 11.5 Å². The van der Waals surface area contributed by atoms with E-state index in [1.165, 1.54) is 18.3 Å². The number of hydrogen-bond donors (Lipinski definition) is 2. The highest BCUT2D eigenvalue weighted by molar-refractivity contribution is 6.30. The Bertz CT molecular complexity index is 1040. The second-order valence-electron chi connectivity index (χ2n) is 6.27. The number of para-hydroxylation sites is 1. The molecule has 7 heteroatoms. The van der Waals surface area contributed by atoms with Crippen LogP contribution in [0.25, 0.3) is 0 Å². The van der Waals surface area contributed by atoms with Gasteiger partial charge in [-0.05, 0) is 60.5 Å². The Labute approximate surface area is 179 Å². The summed E-state index contributed by atoms with van der Waals surface area (Å²) in [7, 11) is 0. The van der Waals surface area contributed by atoms with Crippen LogP contribution < -0.4 is 14.9 Å². The van der Waals surface area contributed by atoms with Crippen molar-refractivity contribution >= 4 is 23.7 Å². The molecule has 0 radical (unpaired) electrons. The number of carbonyl (C=O) groups excluding carboxylic acids is 1. The molecule has 0 aliphatic carbocycles. The first kappa shape index (κ1) is 21.2. The van der Waals surface area contributed by atoms with Crippen LogP contribution in [0.3, 0.4) is 0 Å². The Hall–Kier alpha value is -3.51. The molecule has 3 rings (SSSR count). The summed E-state index contributed by atoms with van der Waals surface area (Å²) in [4.78, 5) is 12.1. The molecular weight excluding hydrogens is 404 g/mol. The highest BCUT2D eigenvalue weighted by Crippen LogP contribution is 2.29. The molecule has 0 spiro atoms. The summed E-state index contributed by atoms with van der Waals surface area (Å²) >= 11 is 5.90. The number of rotatable bonds is 8. The zero-order valence-corrected chi connectivity index (χ0v) is 17.1. The van der Waals surface area contributed by atoms with Crippen LogP contribution in [0.15, 0.2) is 71.8 Å². The van der Waals surface area contributed by atoms with Crippen molar-refractivity contribution in [3.8, 4) is 17.2 Å². The van der Waals surface area contributed by atoms with E-state index in [9.17, 15) is 9.90 Å². The fourth-order valence-corrected chi connectivity index (χ4v) is 2.75. The summed E-state index contributed by atoms with van der Waals surface area (Å²) in [5.74, 6) is 0.563. The molecule has 0 saturated heterocycles. The van der Waals surface area contributed by atoms with Crippen LogP contribution in [0, 0.1) is 0 Å². The van der Waals surface area contributed by atoms with Crippen LogP contribution in [0.1, 0.15) is 28.4 Å². The highest BCUT2D eigenvalue weighted by atomic mass is 35.5. The van der Waals surface area contributed by atoms with E-state index in [4.69, 9.17) is 21.1 Å². The molecule has 0 unspecified atom stereocenters. The van der Waals surface area contributed by atoms with E-state index >= 15 is 0 Å². The maximum absolute atomic E-state index is 12.1. The lowest BCUT2D eigenvalue weighted by Crippen LogP contribution is -2.17. The number of amides is 1. The smallest absolute Gasteiger partial charge is 0.275 e.